The van der Waals surface area contributed by atoms with Gasteiger partial charge in [-0.05, 0) is 36.3 Å². The maximum atomic E-state index is 11.6. The van der Waals surface area contributed by atoms with E-state index < -0.39 is 0 Å². The smallest absolute Gasteiger partial charge is 0.133 e. The zero-order valence-electron chi connectivity index (χ0n) is 9.55. The molecule has 1 atom stereocenters. The molecule has 0 bridgehead atoms. The first-order valence-corrected chi connectivity index (χ1v) is 5.70. The van der Waals surface area contributed by atoms with Crippen molar-refractivity contribution in [2.45, 2.75) is 44.9 Å². The fourth-order valence-corrected chi connectivity index (χ4v) is 2.77. The van der Waals surface area contributed by atoms with Gasteiger partial charge >= 0.3 is 0 Å². The van der Waals surface area contributed by atoms with E-state index in [1.807, 2.05) is 0 Å². The van der Waals surface area contributed by atoms with E-state index in [1.54, 1.807) is 0 Å². The van der Waals surface area contributed by atoms with Crippen LogP contribution in [-0.2, 0) is 10.2 Å². The Morgan fingerprint density at radius 1 is 1.27 bits per heavy atom. The van der Waals surface area contributed by atoms with Gasteiger partial charge in [-0.3, -0.25) is 4.79 Å². The SMILES string of the molecule is Cc1ccccc1C1(C)CCCC(=O)C1. The molecule has 0 amide bonds. The summed E-state index contributed by atoms with van der Waals surface area (Å²) in [5.74, 6) is 0.423. The molecular weight excluding hydrogens is 184 g/mol. The lowest BCUT2D eigenvalue weighted by Gasteiger charge is -2.34. The molecule has 0 heterocycles. The summed E-state index contributed by atoms with van der Waals surface area (Å²) in [6, 6.07) is 8.45. The standard InChI is InChI=1S/C14H18O/c1-11-6-3-4-8-13(11)14(2)9-5-7-12(15)10-14/h3-4,6,8H,5,7,9-10H2,1-2H3. The number of hydrogen-bond donors (Lipinski definition) is 0. The minimum atomic E-state index is 0.0840. The van der Waals surface area contributed by atoms with E-state index in [4.69, 9.17) is 0 Å². The molecule has 1 unspecified atom stereocenters. The van der Waals surface area contributed by atoms with Crippen LogP contribution in [0.15, 0.2) is 24.3 Å². The first kappa shape index (κ1) is 10.4. The summed E-state index contributed by atoms with van der Waals surface area (Å²) in [6.07, 6.45) is 3.69. The normalized spacial score (nSPS) is 26.7. The molecule has 0 aliphatic heterocycles. The minimum Gasteiger partial charge on any atom is -0.300 e. The maximum absolute atomic E-state index is 11.6. The van der Waals surface area contributed by atoms with Gasteiger partial charge in [-0.25, -0.2) is 0 Å². The van der Waals surface area contributed by atoms with Crippen molar-refractivity contribution in [2.24, 2.45) is 0 Å². The Balaban J connectivity index is 2.36. The van der Waals surface area contributed by atoms with Crippen LogP contribution in [0.5, 0.6) is 0 Å². The van der Waals surface area contributed by atoms with Gasteiger partial charge in [-0.1, -0.05) is 31.2 Å². The Hall–Kier alpha value is -1.11. The quantitative estimate of drug-likeness (QED) is 0.682. The molecule has 1 nitrogen and oxygen atoms in total. The molecule has 1 aromatic carbocycles. The fourth-order valence-electron chi connectivity index (χ4n) is 2.77. The second-order valence-electron chi connectivity index (χ2n) is 4.94. The van der Waals surface area contributed by atoms with Crippen LogP contribution in [-0.4, -0.2) is 5.78 Å². The van der Waals surface area contributed by atoms with Crippen molar-refractivity contribution in [3.05, 3.63) is 35.4 Å². The molecular formula is C14H18O. The van der Waals surface area contributed by atoms with Crippen molar-refractivity contribution in [3.8, 4) is 0 Å². The molecule has 0 saturated heterocycles. The minimum absolute atomic E-state index is 0.0840. The molecule has 80 valence electrons. The lowest BCUT2D eigenvalue weighted by molar-refractivity contribution is -0.121. The number of carbonyl (C=O) groups is 1. The highest BCUT2D eigenvalue weighted by Crippen LogP contribution is 2.38. The van der Waals surface area contributed by atoms with E-state index in [9.17, 15) is 4.79 Å². The zero-order chi connectivity index (χ0) is 10.9. The highest BCUT2D eigenvalue weighted by molar-refractivity contribution is 5.81. The summed E-state index contributed by atoms with van der Waals surface area (Å²) >= 11 is 0. The van der Waals surface area contributed by atoms with Gasteiger partial charge in [0.05, 0.1) is 0 Å². The van der Waals surface area contributed by atoms with Crippen molar-refractivity contribution in [3.63, 3.8) is 0 Å². The predicted molar refractivity (Wildman–Crippen MR) is 62.0 cm³/mol. The number of hydrogen-bond acceptors (Lipinski definition) is 1. The number of Topliss-reactive ketones (excluding diaryl/α,β-unsaturated/α-hetero) is 1. The van der Waals surface area contributed by atoms with Gasteiger partial charge in [0.2, 0.25) is 0 Å². The average Bonchev–Trinajstić information content (AvgIpc) is 2.17. The molecule has 1 fully saturated rings. The van der Waals surface area contributed by atoms with E-state index in [0.717, 1.165) is 25.7 Å². The number of ketones is 1. The predicted octanol–water partition coefficient (Wildman–Crippen LogP) is 3.40. The number of carbonyl (C=O) groups excluding carboxylic acids is 1. The Kier molecular flexibility index (Phi) is 2.64. The van der Waals surface area contributed by atoms with E-state index in [2.05, 4.69) is 38.1 Å². The van der Waals surface area contributed by atoms with Crippen molar-refractivity contribution in [2.75, 3.05) is 0 Å². The summed E-state index contributed by atoms with van der Waals surface area (Å²) < 4.78 is 0. The fraction of sp³-hybridized carbons (Fsp3) is 0.500. The van der Waals surface area contributed by atoms with Crippen molar-refractivity contribution in [1.29, 1.82) is 0 Å². The van der Waals surface area contributed by atoms with E-state index in [-0.39, 0.29) is 5.41 Å². The Bertz CT molecular complexity index is 381. The van der Waals surface area contributed by atoms with E-state index in [1.165, 1.54) is 11.1 Å². The first-order valence-electron chi connectivity index (χ1n) is 5.70. The van der Waals surface area contributed by atoms with Crippen LogP contribution in [0.2, 0.25) is 0 Å². The van der Waals surface area contributed by atoms with E-state index in [0.29, 0.717) is 5.78 Å². The van der Waals surface area contributed by atoms with Crippen LogP contribution in [0, 0.1) is 6.92 Å². The summed E-state index contributed by atoms with van der Waals surface area (Å²) in [6.45, 7) is 4.37. The third-order valence-electron chi connectivity index (χ3n) is 3.57. The number of benzene rings is 1. The third kappa shape index (κ3) is 1.97. The molecule has 1 aliphatic rings. The Morgan fingerprint density at radius 3 is 2.67 bits per heavy atom. The third-order valence-corrected chi connectivity index (χ3v) is 3.57. The Labute approximate surface area is 91.5 Å². The molecule has 0 aromatic heterocycles. The van der Waals surface area contributed by atoms with Crippen LogP contribution < -0.4 is 0 Å². The summed E-state index contributed by atoms with van der Waals surface area (Å²) in [4.78, 5) is 11.6. The molecule has 0 radical (unpaired) electrons. The highest BCUT2D eigenvalue weighted by atomic mass is 16.1. The van der Waals surface area contributed by atoms with E-state index >= 15 is 0 Å². The summed E-state index contributed by atoms with van der Waals surface area (Å²) in [5.41, 5.74) is 2.76. The van der Waals surface area contributed by atoms with Crippen molar-refractivity contribution < 1.29 is 4.79 Å². The second-order valence-corrected chi connectivity index (χ2v) is 4.94. The van der Waals surface area contributed by atoms with Crippen molar-refractivity contribution >= 4 is 5.78 Å². The molecule has 1 heteroatoms. The highest BCUT2D eigenvalue weighted by Gasteiger charge is 2.33. The number of aryl methyl sites for hydroxylation is 1. The van der Waals surface area contributed by atoms with Gasteiger partial charge in [-0.15, -0.1) is 0 Å². The average molecular weight is 202 g/mol. The molecule has 2 rings (SSSR count). The molecule has 0 spiro atoms. The van der Waals surface area contributed by atoms with Crippen LogP contribution in [0.1, 0.15) is 43.7 Å². The molecule has 15 heavy (non-hydrogen) atoms. The second kappa shape index (κ2) is 3.80. The van der Waals surface area contributed by atoms with Gasteiger partial charge < -0.3 is 0 Å². The zero-order valence-corrected chi connectivity index (χ0v) is 9.55. The molecule has 0 N–H and O–H groups in total. The van der Waals surface area contributed by atoms with Crippen LogP contribution in [0.4, 0.5) is 0 Å². The topological polar surface area (TPSA) is 17.1 Å². The lowest BCUT2D eigenvalue weighted by atomic mass is 9.69. The maximum Gasteiger partial charge on any atom is 0.133 e. The monoisotopic (exact) mass is 202 g/mol. The van der Waals surface area contributed by atoms with Crippen LogP contribution >= 0.6 is 0 Å². The molecule has 1 saturated carbocycles. The number of rotatable bonds is 1. The van der Waals surface area contributed by atoms with Gasteiger partial charge in [0.25, 0.3) is 0 Å². The van der Waals surface area contributed by atoms with Crippen molar-refractivity contribution in [1.82, 2.24) is 0 Å². The lowest BCUT2D eigenvalue weighted by Crippen LogP contribution is -2.30. The summed E-state index contributed by atoms with van der Waals surface area (Å²) in [5, 5.41) is 0. The Morgan fingerprint density at radius 2 is 2.00 bits per heavy atom. The molecule has 1 aliphatic carbocycles. The van der Waals surface area contributed by atoms with Gasteiger partial charge in [0.15, 0.2) is 0 Å². The van der Waals surface area contributed by atoms with Gasteiger partial charge in [-0.2, -0.15) is 0 Å². The van der Waals surface area contributed by atoms with Crippen LogP contribution in [0.3, 0.4) is 0 Å². The first-order chi connectivity index (χ1) is 7.12. The van der Waals surface area contributed by atoms with Gasteiger partial charge in [0, 0.05) is 12.8 Å². The molecule has 1 aromatic rings. The van der Waals surface area contributed by atoms with Gasteiger partial charge in [0.1, 0.15) is 5.78 Å². The summed E-state index contributed by atoms with van der Waals surface area (Å²) in [7, 11) is 0. The largest absolute Gasteiger partial charge is 0.300 e. The van der Waals surface area contributed by atoms with Crippen LogP contribution in [0.25, 0.3) is 0 Å².